The van der Waals surface area contributed by atoms with Crippen LogP contribution in [0.4, 0.5) is 5.69 Å². The number of nitrogens with zero attached hydrogens (tertiary/aromatic N) is 2. The lowest BCUT2D eigenvalue weighted by atomic mass is 9.29. The van der Waals surface area contributed by atoms with Crippen LogP contribution in [0, 0.1) is 93.8 Å². The first kappa shape index (κ1) is 45.6. The second-order valence-corrected chi connectivity index (χ2v) is 24.8. The molecule has 0 spiro atoms. The van der Waals surface area contributed by atoms with Crippen molar-refractivity contribution in [2.75, 3.05) is 11.9 Å². The average molecular weight is 949 g/mol. The van der Waals surface area contributed by atoms with E-state index in [1.807, 2.05) is 13.8 Å². The Morgan fingerprint density at radius 1 is 0.457 bits per heavy atom. The van der Waals surface area contributed by atoms with Crippen molar-refractivity contribution in [1.29, 1.82) is 0 Å². The molecule has 0 N–H and O–H groups in total. The van der Waals surface area contributed by atoms with E-state index in [0.717, 1.165) is 53.6 Å². The van der Waals surface area contributed by atoms with Gasteiger partial charge in [-0.15, -0.1) is 0 Å². The number of hydrogen-bond donors (Lipinski definition) is 0. The Balaban J connectivity index is 0.805. The van der Waals surface area contributed by atoms with Crippen molar-refractivity contribution in [2.45, 2.75) is 173 Å². The van der Waals surface area contributed by atoms with E-state index in [2.05, 4.69) is 97.0 Å². The summed E-state index contributed by atoms with van der Waals surface area (Å²) >= 11 is 0. The number of carbonyl (C=O) groups excluding carboxylic acids is 4. The monoisotopic (exact) mass is 949 g/mol. The van der Waals surface area contributed by atoms with Gasteiger partial charge in [-0.3, -0.25) is 24.1 Å². The number of aryl methyl sites for hydroxylation is 4. The fourth-order valence-corrected chi connectivity index (χ4v) is 18.6. The molecule has 10 nitrogen and oxygen atoms in total. The van der Waals surface area contributed by atoms with Crippen LogP contribution in [0.15, 0.2) is 48.5 Å². The van der Waals surface area contributed by atoms with Crippen molar-refractivity contribution in [3.05, 3.63) is 87.5 Å². The first-order valence-electron chi connectivity index (χ1n) is 27.0. The van der Waals surface area contributed by atoms with Gasteiger partial charge in [-0.25, -0.2) is 4.90 Å². The summed E-state index contributed by atoms with van der Waals surface area (Å²) in [6.45, 7) is 20.3. The maximum Gasteiger partial charge on any atom is 0.237 e. The molecule has 3 aromatic carbocycles. The van der Waals surface area contributed by atoms with E-state index >= 15 is 0 Å². The van der Waals surface area contributed by atoms with E-state index in [0.29, 0.717) is 61.2 Å². The number of ether oxygens (including phenoxy) is 4. The zero-order valence-corrected chi connectivity index (χ0v) is 42.8. The van der Waals surface area contributed by atoms with Crippen molar-refractivity contribution in [1.82, 2.24) is 4.90 Å². The summed E-state index contributed by atoms with van der Waals surface area (Å²) in [6.07, 6.45) is 4.41. The predicted molar refractivity (Wildman–Crippen MR) is 265 cm³/mol. The third-order valence-electron chi connectivity index (χ3n) is 21.5. The minimum atomic E-state index is -0.439. The van der Waals surface area contributed by atoms with Crippen LogP contribution in [0.3, 0.4) is 0 Å². The van der Waals surface area contributed by atoms with Gasteiger partial charge in [0, 0.05) is 17.9 Å². The van der Waals surface area contributed by atoms with Crippen LogP contribution in [-0.2, 0) is 49.0 Å². The standard InChI is InChI=1S/C60H72N2O8/c1-27(2)59-40-13-11-12-14-41(40)60(28(3)4,43-24-51-50(23-42(43)59)67-46-19-36-37(20-47(46)68-51)56(64)61(10)55(36)63)45-26-53-52(25-44(45)59)69-48-21-38-39(22-49(48)70-53)58(66)62(57(38)65)54-31(7)17-35(18-32(54)8)34-15-29(5)33(9)30(6)16-34/h11-18,27-28,36-39,42-53H,19-26H2,1-10H3. The van der Waals surface area contributed by atoms with Gasteiger partial charge in [0.25, 0.3) is 0 Å². The lowest BCUT2D eigenvalue weighted by molar-refractivity contribution is -0.298. The zero-order chi connectivity index (χ0) is 48.8. The minimum Gasteiger partial charge on any atom is -0.370 e. The number of imide groups is 2. The lowest BCUT2D eigenvalue weighted by Gasteiger charge is -2.76. The maximum atomic E-state index is 14.7. The van der Waals surface area contributed by atoms with Crippen LogP contribution in [0.5, 0.6) is 0 Å². The SMILES string of the molecule is Cc1cc(-c2cc(C)c(N3C(=O)C4CC5OC6CC7C(CC6OC5CC4C3=O)C3(C(C)C)c4ccccc4C7(C(C)C)C4CC5OC6CC7C(=O)N(C)C(=O)C7CC6OC5CC43)c(C)c2)cc(C)c1C. The highest BCUT2D eigenvalue weighted by atomic mass is 16.6. The normalized spacial score (nSPS) is 42.2. The van der Waals surface area contributed by atoms with Gasteiger partial charge in [-0.1, -0.05) is 64.1 Å². The third-order valence-corrected chi connectivity index (χ3v) is 21.5. The molecule has 7 aliphatic carbocycles. The molecule has 0 aromatic heterocycles. The summed E-state index contributed by atoms with van der Waals surface area (Å²) in [5, 5.41) is 0. The number of hydrogen-bond acceptors (Lipinski definition) is 8. The molecule has 2 bridgehead atoms. The molecule has 70 heavy (non-hydrogen) atoms. The average Bonchev–Trinajstić information content (AvgIpc) is 3.68. The molecule has 4 amide bonds. The molecule has 18 unspecified atom stereocenters. The summed E-state index contributed by atoms with van der Waals surface area (Å²) < 4.78 is 29.1. The largest absolute Gasteiger partial charge is 0.370 e. The second kappa shape index (κ2) is 15.6. The van der Waals surface area contributed by atoms with Gasteiger partial charge < -0.3 is 18.9 Å². The number of anilines is 1. The van der Waals surface area contributed by atoms with Crippen molar-refractivity contribution in [3.8, 4) is 11.1 Å². The van der Waals surface area contributed by atoms with Gasteiger partial charge in [0.05, 0.1) is 78.2 Å². The number of rotatable bonds is 4. The predicted octanol–water partition coefficient (Wildman–Crippen LogP) is 9.43. The minimum absolute atomic E-state index is 0.0720. The summed E-state index contributed by atoms with van der Waals surface area (Å²) in [7, 11) is 1.62. The van der Waals surface area contributed by atoms with Crippen LogP contribution in [0.2, 0.25) is 0 Å². The fourth-order valence-electron chi connectivity index (χ4n) is 18.6. The van der Waals surface area contributed by atoms with Gasteiger partial charge in [0.1, 0.15) is 0 Å². The topological polar surface area (TPSA) is 112 Å². The molecule has 5 saturated carbocycles. The molecule has 18 atom stereocenters. The van der Waals surface area contributed by atoms with Crippen LogP contribution in [-0.4, -0.2) is 84.4 Å². The molecule has 0 radical (unpaired) electrons. The van der Waals surface area contributed by atoms with Gasteiger partial charge in [-0.2, -0.15) is 0 Å². The molecule has 4 aliphatic heterocycles. The summed E-state index contributed by atoms with van der Waals surface area (Å²) in [5.41, 5.74) is 11.4. The molecule has 370 valence electrons. The molecule has 11 aliphatic rings. The van der Waals surface area contributed by atoms with Crippen molar-refractivity contribution < 1.29 is 38.1 Å². The van der Waals surface area contributed by atoms with Crippen LogP contribution in [0.1, 0.15) is 118 Å². The number of likely N-dealkylation sites (tertiary alicyclic amines) is 1. The second-order valence-electron chi connectivity index (χ2n) is 24.8. The third kappa shape index (κ3) is 5.88. The van der Waals surface area contributed by atoms with E-state index in [1.54, 1.807) is 7.05 Å². The maximum absolute atomic E-state index is 14.7. The highest BCUT2D eigenvalue weighted by Gasteiger charge is 2.75. The van der Waals surface area contributed by atoms with Crippen LogP contribution >= 0.6 is 0 Å². The van der Waals surface area contributed by atoms with Gasteiger partial charge >= 0.3 is 0 Å². The molecule has 10 heteroatoms. The molecule has 4 saturated heterocycles. The fraction of sp³-hybridized carbons (Fsp3) is 0.633. The summed E-state index contributed by atoms with van der Waals surface area (Å²) in [5.74, 6) is 0.204. The summed E-state index contributed by atoms with van der Waals surface area (Å²) in [6, 6.07) is 18.2. The van der Waals surface area contributed by atoms with Crippen molar-refractivity contribution in [3.63, 3.8) is 0 Å². The number of carbonyl (C=O) groups is 4. The Hall–Kier alpha value is -4.22. The van der Waals surface area contributed by atoms with Crippen molar-refractivity contribution >= 4 is 29.3 Å². The number of fused-ring (bicyclic) bond motifs is 6. The van der Waals surface area contributed by atoms with E-state index in [9.17, 15) is 19.2 Å². The molecule has 3 aromatic rings. The summed E-state index contributed by atoms with van der Waals surface area (Å²) in [4.78, 5) is 58.6. The quantitative estimate of drug-likeness (QED) is 0.238. The highest BCUT2D eigenvalue weighted by molar-refractivity contribution is 6.23. The van der Waals surface area contributed by atoms with Gasteiger partial charge in [0.15, 0.2) is 0 Å². The number of amides is 4. The Labute approximate surface area is 413 Å². The molecule has 4 heterocycles. The smallest absolute Gasteiger partial charge is 0.237 e. The Morgan fingerprint density at radius 2 is 0.757 bits per heavy atom. The molecule has 9 fully saturated rings. The first-order chi connectivity index (χ1) is 33.4. The Kier molecular flexibility index (Phi) is 10.2. The van der Waals surface area contributed by atoms with E-state index in [-0.39, 0.29) is 95.1 Å². The van der Waals surface area contributed by atoms with E-state index in [4.69, 9.17) is 18.9 Å². The highest BCUT2D eigenvalue weighted by Crippen LogP contribution is 2.76. The van der Waals surface area contributed by atoms with Crippen molar-refractivity contribution in [2.24, 2.45) is 59.2 Å². The Morgan fingerprint density at radius 3 is 1.09 bits per heavy atom. The molecular weight excluding hydrogens is 877 g/mol. The van der Waals surface area contributed by atoms with E-state index < -0.39 is 11.8 Å². The van der Waals surface area contributed by atoms with Gasteiger partial charge in [0.2, 0.25) is 23.6 Å². The van der Waals surface area contributed by atoms with E-state index in [1.165, 1.54) is 37.6 Å². The first-order valence-corrected chi connectivity index (χ1v) is 27.0. The van der Waals surface area contributed by atoms with Gasteiger partial charge in [-0.05, 0) is 184 Å². The molecule has 14 rings (SSSR count). The Bertz CT molecular complexity index is 2590. The van der Waals surface area contributed by atoms with Crippen LogP contribution < -0.4 is 4.90 Å². The number of benzene rings is 3. The molecular formula is C60H72N2O8. The van der Waals surface area contributed by atoms with Crippen LogP contribution in [0.25, 0.3) is 11.1 Å². The zero-order valence-electron chi connectivity index (χ0n) is 42.8. The lowest BCUT2D eigenvalue weighted by Crippen LogP contribution is -2.76.